The number of morpholine rings is 1. The number of nitro benzene ring substituents is 1. The van der Waals surface area contributed by atoms with Crippen molar-refractivity contribution in [2.24, 2.45) is 7.05 Å². The second-order valence-corrected chi connectivity index (χ2v) is 7.86. The van der Waals surface area contributed by atoms with Crippen molar-refractivity contribution in [1.82, 2.24) is 14.7 Å². The van der Waals surface area contributed by atoms with Crippen molar-refractivity contribution >= 4 is 17.3 Å². The van der Waals surface area contributed by atoms with Crippen molar-refractivity contribution in [3.05, 3.63) is 51.8 Å². The number of ether oxygens (including phenoxy) is 1. The number of carbonyl (C=O) groups is 1. The molecule has 2 aromatic rings. The maximum Gasteiger partial charge on any atom is 0.282 e. The SMILES string of the molecule is Cn1cc(C2(C)CN(c3ccc([N+](=O)[O-])c(C(=O)N4CCCC4)c3)CCO2)cn1. The molecule has 1 amide bonds. The van der Waals surface area contributed by atoms with Gasteiger partial charge in [0, 0.05) is 50.2 Å². The molecule has 0 saturated carbocycles. The van der Waals surface area contributed by atoms with Gasteiger partial charge in [-0.15, -0.1) is 0 Å². The Hall–Kier alpha value is -2.94. The normalized spacial score (nSPS) is 22.1. The van der Waals surface area contributed by atoms with Gasteiger partial charge in [-0.1, -0.05) is 0 Å². The molecular formula is C20H25N5O4. The summed E-state index contributed by atoms with van der Waals surface area (Å²) in [5, 5.41) is 15.8. The van der Waals surface area contributed by atoms with Gasteiger partial charge in [0.2, 0.25) is 0 Å². The predicted molar refractivity (Wildman–Crippen MR) is 107 cm³/mol. The largest absolute Gasteiger partial charge is 0.367 e. The Morgan fingerprint density at radius 2 is 2.03 bits per heavy atom. The number of aromatic nitrogens is 2. The zero-order chi connectivity index (χ0) is 20.6. The molecule has 1 aromatic heterocycles. The number of aryl methyl sites for hydroxylation is 1. The fourth-order valence-corrected chi connectivity index (χ4v) is 4.10. The van der Waals surface area contributed by atoms with Crippen LogP contribution in [0.25, 0.3) is 0 Å². The standard InChI is InChI=1S/C20H25N5O4/c1-20(15-12-21-22(2)13-15)14-24(9-10-29-20)16-5-6-18(25(27)28)17(11-16)19(26)23-7-3-4-8-23/h5-6,11-13H,3-4,7-10,14H2,1-2H3. The van der Waals surface area contributed by atoms with Gasteiger partial charge in [-0.25, -0.2) is 0 Å². The van der Waals surface area contributed by atoms with Crippen LogP contribution in [0.3, 0.4) is 0 Å². The van der Waals surface area contributed by atoms with E-state index in [1.165, 1.54) is 6.07 Å². The van der Waals surface area contributed by atoms with E-state index in [4.69, 9.17) is 4.74 Å². The van der Waals surface area contributed by atoms with Crippen LogP contribution in [0.4, 0.5) is 11.4 Å². The fraction of sp³-hybridized carbons (Fsp3) is 0.500. The zero-order valence-corrected chi connectivity index (χ0v) is 16.7. The van der Waals surface area contributed by atoms with E-state index in [1.54, 1.807) is 27.9 Å². The average Bonchev–Trinajstić information content (AvgIpc) is 3.39. The summed E-state index contributed by atoms with van der Waals surface area (Å²) in [4.78, 5) is 27.8. The van der Waals surface area contributed by atoms with Gasteiger partial charge in [0.1, 0.15) is 11.2 Å². The summed E-state index contributed by atoms with van der Waals surface area (Å²) < 4.78 is 7.80. The molecule has 2 saturated heterocycles. The Morgan fingerprint density at radius 3 is 2.69 bits per heavy atom. The summed E-state index contributed by atoms with van der Waals surface area (Å²) in [5.74, 6) is -0.265. The topological polar surface area (TPSA) is 93.7 Å². The van der Waals surface area contributed by atoms with Crippen LogP contribution in [0, 0.1) is 10.1 Å². The van der Waals surface area contributed by atoms with Crippen LogP contribution in [0.2, 0.25) is 0 Å². The third-order valence-electron chi connectivity index (χ3n) is 5.76. The first kappa shape index (κ1) is 19.4. The molecule has 1 aromatic carbocycles. The van der Waals surface area contributed by atoms with E-state index in [-0.39, 0.29) is 17.2 Å². The van der Waals surface area contributed by atoms with Crippen LogP contribution in [-0.2, 0) is 17.4 Å². The number of likely N-dealkylation sites (tertiary alicyclic amines) is 1. The van der Waals surface area contributed by atoms with Crippen molar-refractivity contribution in [2.45, 2.75) is 25.4 Å². The number of amides is 1. The Balaban J connectivity index is 1.65. The number of carbonyl (C=O) groups excluding carboxylic acids is 1. The highest BCUT2D eigenvalue weighted by Crippen LogP contribution is 2.34. The molecule has 154 valence electrons. The number of hydrogen-bond acceptors (Lipinski definition) is 6. The molecule has 0 bridgehead atoms. The first-order chi connectivity index (χ1) is 13.9. The molecule has 1 atom stereocenters. The molecular weight excluding hydrogens is 374 g/mol. The van der Waals surface area contributed by atoms with Crippen LogP contribution in [0.1, 0.15) is 35.7 Å². The van der Waals surface area contributed by atoms with E-state index in [9.17, 15) is 14.9 Å². The van der Waals surface area contributed by atoms with E-state index in [0.29, 0.717) is 32.8 Å². The molecule has 2 aliphatic heterocycles. The Kier molecular flexibility index (Phi) is 4.99. The number of rotatable bonds is 4. The summed E-state index contributed by atoms with van der Waals surface area (Å²) in [6, 6.07) is 4.82. The second kappa shape index (κ2) is 7.47. The maximum absolute atomic E-state index is 12.9. The lowest BCUT2D eigenvalue weighted by atomic mass is 9.96. The first-order valence-corrected chi connectivity index (χ1v) is 9.83. The number of nitro groups is 1. The van der Waals surface area contributed by atoms with Crippen molar-refractivity contribution < 1.29 is 14.5 Å². The first-order valence-electron chi connectivity index (χ1n) is 9.83. The van der Waals surface area contributed by atoms with Crippen LogP contribution >= 0.6 is 0 Å². The van der Waals surface area contributed by atoms with Gasteiger partial charge >= 0.3 is 0 Å². The van der Waals surface area contributed by atoms with Crippen LogP contribution < -0.4 is 4.90 Å². The van der Waals surface area contributed by atoms with E-state index in [0.717, 1.165) is 24.1 Å². The lowest BCUT2D eigenvalue weighted by Gasteiger charge is -2.41. The molecule has 3 heterocycles. The molecule has 9 heteroatoms. The highest BCUT2D eigenvalue weighted by Gasteiger charge is 2.36. The molecule has 29 heavy (non-hydrogen) atoms. The predicted octanol–water partition coefficient (Wildman–Crippen LogP) is 2.32. The van der Waals surface area contributed by atoms with Crippen LogP contribution in [0.5, 0.6) is 0 Å². The number of anilines is 1. The minimum atomic E-state index is -0.548. The molecule has 0 spiro atoms. The quantitative estimate of drug-likeness (QED) is 0.579. The third-order valence-corrected chi connectivity index (χ3v) is 5.76. The average molecular weight is 399 g/mol. The zero-order valence-electron chi connectivity index (χ0n) is 16.7. The van der Waals surface area contributed by atoms with E-state index in [1.807, 2.05) is 20.2 Å². The number of benzene rings is 1. The highest BCUT2D eigenvalue weighted by atomic mass is 16.6. The second-order valence-electron chi connectivity index (χ2n) is 7.86. The summed E-state index contributed by atoms with van der Waals surface area (Å²) in [5.41, 5.74) is 1.22. The third kappa shape index (κ3) is 3.69. The van der Waals surface area contributed by atoms with Crippen molar-refractivity contribution in [3.63, 3.8) is 0 Å². The number of nitrogens with zero attached hydrogens (tertiary/aromatic N) is 5. The van der Waals surface area contributed by atoms with Gasteiger partial charge in [0.15, 0.2) is 0 Å². The van der Waals surface area contributed by atoms with Crippen molar-refractivity contribution in [2.75, 3.05) is 37.7 Å². The molecule has 0 N–H and O–H groups in total. The molecule has 0 aliphatic carbocycles. The van der Waals surface area contributed by atoms with Gasteiger partial charge in [0.05, 0.1) is 24.3 Å². The minimum Gasteiger partial charge on any atom is -0.367 e. The lowest BCUT2D eigenvalue weighted by Crippen LogP contribution is -2.48. The molecule has 1 unspecified atom stereocenters. The monoisotopic (exact) mass is 399 g/mol. The summed E-state index contributed by atoms with van der Waals surface area (Å²) >= 11 is 0. The van der Waals surface area contributed by atoms with Gasteiger partial charge in [0.25, 0.3) is 11.6 Å². The van der Waals surface area contributed by atoms with Gasteiger partial charge < -0.3 is 14.5 Å². The molecule has 2 fully saturated rings. The van der Waals surface area contributed by atoms with E-state index < -0.39 is 10.5 Å². The summed E-state index contributed by atoms with van der Waals surface area (Å²) in [6.45, 7) is 5.03. The highest BCUT2D eigenvalue weighted by molar-refractivity contribution is 5.99. The van der Waals surface area contributed by atoms with E-state index in [2.05, 4.69) is 10.00 Å². The number of hydrogen-bond donors (Lipinski definition) is 0. The van der Waals surface area contributed by atoms with Gasteiger partial charge in [-0.3, -0.25) is 19.6 Å². The lowest BCUT2D eigenvalue weighted by molar-refractivity contribution is -0.385. The van der Waals surface area contributed by atoms with Crippen LogP contribution in [-0.4, -0.2) is 58.3 Å². The summed E-state index contributed by atoms with van der Waals surface area (Å²) in [7, 11) is 1.86. The molecule has 0 radical (unpaired) electrons. The molecule has 2 aliphatic rings. The Morgan fingerprint density at radius 1 is 1.28 bits per heavy atom. The van der Waals surface area contributed by atoms with Crippen molar-refractivity contribution in [1.29, 1.82) is 0 Å². The van der Waals surface area contributed by atoms with Crippen LogP contribution in [0.15, 0.2) is 30.6 Å². The molecule has 4 rings (SSSR count). The maximum atomic E-state index is 12.9. The van der Waals surface area contributed by atoms with Crippen molar-refractivity contribution in [3.8, 4) is 0 Å². The Labute approximate surface area is 169 Å². The minimum absolute atomic E-state index is 0.145. The Bertz CT molecular complexity index is 937. The van der Waals surface area contributed by atoms with Gasteiger partial charge in [-0.2, -0.15) is 5.10 Å². The summed E-state index contributed by atoms with van der Waals surface area (Å²) in [6.07, 6.45) is 5.60. The van der Waals surface area contributed by atoms with E-state index >= 15 is 0 Å². The smallest absolute Gasteiger partial charge is 0.282 e. The fourth-order valence-electron chi connectivity index (χ4n) is 4.10. The molecule has 9 nitrogen and oxygen atoms in total. The van der Waals surface area contributed by atoms with Gasteiger partial charge in [-0.05, 0) is 31.9 Å².